The van der Waals surface area contributed by atoms with Crippen LogP contribution >= 0.6 is 0 Å². The molecule has 1 N–H and O–H groups in total. The van der Waals surface area contributed by atoms with Crippen molar-refractivity contribution in [1.82, 2.24) is 14.7 Å². The van der Waals surface area contributed by atoms with Gasteiger partial charge in [-0.1, -0.05) is 0 Å². The van der Waals surface area contributed by atoms with Gasteiger partial charge in [-0.15, -0.1) is 0 Å². The highest BCUT2D eigenvalue weighted by atomic mass is 16.4. The molecule has 0 spiro atoms. The van der Waals surface area contributed by atoms with E-state index in [9.17, 15) is 4.79 Å². The predicted octanol–water partition coefficient (Wildman–Crippen LogP) is 0.778. The average Bonchev–Trinajstić information content (AvgIpc) is 2.75. The second-order valence-electron chi connectivity index (χ2n) is 4.38. The first-order valence-electron chi connectivity index (χ1n) is 5.54. The lowest BCUT2D eigenvalue weighted by atomic mass is 10.2. The quantitative estimate of drug-likeness (QED) is 0.822. The Hall–Kier alpha value is -1.36. The Morgan fingerprint density at radius 2 is 2.44 bits per heavy atom. The van der Waals surface area contributed by atoms with E-state index >= 15 is 0 Å². The first kappa shape index (κ1) is 11.1. The topological polar surface area (TPSA) is 58.4 Å². The standard InChI is InChI=1S/C11H17N3O2/c1-8-9(6-13(2)12-8)7-14-5-3-4-10(14)11(15)16/h6,10H,3-5,7H2,1-2H3,(H,15,16). The summed E-state index contributed by atoms with van der Waals surface area (Å²) in [5.41, 5.74) is 2.11. The molecule has 2 rings (SSSR count). The highest BCUT2D eigenvalue weighted by Gasteiger charge is 2.30. The highest BCUT2D eigenvalue weighted by Crippen LogP contribution is 2.21. The van der Waals surface area contributed by atoms with Crippen LogP contribution in [-0.2, 0) is 18.4 Å². The van der Waals surface area contributed by atoms with Crippen molar-refractivity contribution in [2.24, 2.45) is 7.05 Å². The van der Waals surface area contributed by atoms with Crippen molar-refractivity contribution in [3.05, 3.63) is 17.5 Å². The van der Waals surface area contributed by atoms with Gasteiger partial charge < -0.3 is 5.11 Å². The zero-order valence-corrected chi connectivity index (χ0v) is 9.68. The molecule has 0 aliphatic carbocycles. The number of carboxylic acids is 1. The van der Waals surface area contributed by atoms with Crippen LogP contribution in [0.15, 0.2) is 6.20 Å². The van der Waals surface area contributed by atoms with Gasteiger partial charge in [-0.25, -0.2) is 0 Å². The van der Waals surface area contributed by atoms with Gasteiger partial charge in [0.15, 0.2) is 0 Å². The molecular weight excluding hydrogens is 206 g/mol. The van der Waals surface area contributed by atoms with E-state index in [1.54, 1.807) is 4.68 Å². The molecule has 1 aliphatic heterocycles. The summed E-state index contributed by atoms with van der Waals surface area (Å²) >= 11 is 0. The van der Waals surface area contributed by atoms with Crippen LogP contribution in [0.25, 0.3) is 0 Å². The number of aryl methyl sites for hydroxylation is 2. The van der Waals surface area contributed by atoms with E-state index in [0.29, 0.717) is 6.54 Å². The summed E-state index contributed by atoms with van der Waals surface area (Å²) in [4.78, 5) is 13.1. The van der Waals surface area contributed by atoms with Crippen molar-refractivity contribution in [1.29, 1.82) is 0 Å². The highest BCUT2D eigenvalue weighted by molar-refractivity contribution is 5.73. The smallest absolute Gasteiger partial charge is 0.320 e. The van der Waals surface area contributed by atoms with Gasteiger partial charge in [-0.2, -0.15) is 5.10 Å². The number of aromatic nitrogens is 2. The molecule has 1 aromatic rings. The minimum absolute atomic E-state index is 0.320. The summed E-state index contributed by atoms with van der Waals surface area (Å²) in [7, 11) is 1.88. The summed E-state index contributed by atoms with van der Waals surface area (Å²) in [6.45, 7) is 3.52. The number of carbonyl (C=O) groups is 1. The van der Waals surface area contributed by atoms with Gasteiger partial charge in [0.05, 0.1) is 5.69 Å². The van der Waals surface area contributed by atoms with Crippen molar-refractivity contribution in [2.45, 2.75) is 32.4 Å². The van der Waals surface area contributed by atoms with Gasteiger partial charge in [0.25, 0.3) is 0 Å². The van der Waals surface area contributed by atoms with E-state index in [4.69, 9.17) is 5.11 Å². The Bertz CT molecular complexity index is 400. The third-order valence-corrected chi connectivity index (χ3v) is 3.14. The number of hydrogen-bond acceptors (Lipinski definition) is 3. The van der Waals surface area contributed by atoms with Crippen molar-refractivity contribution in [3.63, 3.8) is 0 Å². The molecule has 1 atom stereocenters. The summed E-state index contributed by atoms with van der Waals surface area (Å²) < 4.78 is 1.77. The molecule has 88 valence electrons. The first-order valence-corrected chi connectivity index (χ1v) is 5.54. The Labute approximate surface area is 94.7 Å². The zero-order chi connectivity index (χ0) is 11.7. The van der Waals surface area contributed by atoms with E-state index in [2.05, 4.69) is 5.10 Å². The van der Waals surface area contributed by atoms with E-state index in [1.807, 2.05) is 25.1 Å². The van der Waals surface area contributed by atoms with Gasteiger partial charge in [-0.05, 0) is 26.3 Å². The normalized spacial score (nSPS) is 21.5. The maximum absolute atomic E-state index is 11.0. The first-order chi connectivity index (χ1) is 7.58. The van der Waals surface area contributed by atoms with Crippen LogP contribution in [0.4, 0.5) is 0 Å². The van der Waals surface area contributed by atoms with Gasteiger partial charge in [-0.3, -0.25) is 14.4 Å². The molecule has 16 heavy (non-hydrogen) atoms. The molecular formula is C11H17N3O2. The number of carboxylic acid groups (broad SMARTS) is 1. The number of hydrogen-bond donors (Lipinski definition) is 1. The minimum atomic E-state index is -0.709. The molecule has 0 bridgehead atoms. The van der Waals surface area contributed by atoms with E-state index in [-0.39, 0.29) is 6.04 Å². The molecule has 1 aromatic heterocycles. The van der Waals surface area contributed by atoms with Crippen LogP contribution in [0.5, 0.6) is 0 Å². The Balaban J connectivity index is 2.09. The van der Waals surface area contributed by atoms with E-state index < -0.39 is 5.97 Å². The van der Waals surface area contributed by atoms with Crippen molar-refractivity contribution >= 4 is 5.97 Å². The molecule has 0 aromatic carbocycles. The zero-order valence-electron chi connectivity index (χ0n) is 9.68. The second kappa shape index (κ2) is 4.25. The molecule has 1 saturated heterocycles. The number of nitrogens with zero attached hydrogens (tertiary/aromatic N) is 3. The van der Waals surface area contributed by atoms with Gasteiger partial charge in [0, 0.05) is 25.4 Å². The van der Waals surface area contributed by atoms with Crippen LogP contribution in [0.3, 0.4) is 0 Å². The lowest BCUT2D eigenvalue weighted by Crippen LogP contribution is -2.35. The summed E-state index contributed by atoms with van der Waals surface area (Å²) in [6.07, 6.45) is 3.69. The number of likely N-dealkylation sites (tertiary alicyclic amines) is 1. The van der Waals surface area contributed by atoms with E-state index in [0.717, 1.165) is 30.6 Å². The lowest BCUT2D eigenvalue weighted by molar-refractivity contribution is -0.142. The van der Waals surface area contributed by atoms with E-state index in [1.165, 1.54) is 0 Å². The third kappa shape index (κ3) is 2.09. The summed E-state index contributed by atoms with van der Waals surface area (Å²) in [5, 5.41) is 13.3. The SMILES string of the molecule is Cc1nn(C)cc1CN1CCCC1C(=O)O. The summed E-state index contributed by atoms with van der Waals surface area (Å²) in [5.74, 6) is -0.709. The maximum atomic E-state index is 11.0. The molecule has 5 heteroatoms. The molecule has 1 fully saturated rings. The van der Waals surface area contributed by atoms with Crippen LogP contribution in [-0.4, -0.2) is 38.3 Å². The Morgan fingerprint density at radius 1 is 1.69 bits per heavy atom. The molecule has 0 radical (unpaired) electrons. The fourth-order valence-corrected chi connectivity index (χ4v) is 2.32. The third-order valence-electron chi connectivity index (χ3n) is 3.14. The monoisotopic (exact) mass is 223 g/mol. The fraction of sp³-hybridized carbons (Fsp3) is 0.636. The Kier molecular flexibility index (Phi) is 2.96. The molecule has 0 amide bonds. The largest absolute Gasteiger partial charge is 0.480 e. The molecule has 1 aliphatic rings. The average molecular weight is 223 g/mol. The van der Waals surface area contributed by atoms with Gasteiger partial charge >= 0.3 is 5.97 Å². The fourth-order valence-electron chi connectivity index (χ4n) is 2.32. The maximum Gasteiger partial charge on any atom is 0.320 e. The van der Waals surface area contributed by atoms with Crippen LogP contribution < -0.4 is 0 Å². The second-order valence-corrected chi connectivity index (χ2v) is 4.38. The molecule has 2 heterocycles. The number of aliphatic carboxylic acids is 1. The number of rotatable bonds is 3. The molecule has 5 nitrogen and oxygen atoms in total. The molecule has 0 saturated carbocycles. The minimum Gasteiger partial charge on any atom is -0.480 e. The van der Waals surface area contributed by atoms with Crippen molar-refractivity contribution in [2.75, 3.05) is 6.54 Å². The molecule has 1 unspecified atom stereocenters. The predicted molar refractivity (Wildman–Crippen MR) is 59.0 cm³/mol. The Morgan fingerprint density at radius 3 is 3.00 bits per heavy atom. The summed E-state index contributed by atoms with van der Waals surface area (Å²) in [6, 6.07) is -0.320. The lowest BCUT2D eigenvalue weighted by Gasteiger charge is -2.20. The van der Waals surface area contributed by atoms with Gasteiger partial charge in [0.1, 0.15) is 6.04 Å². The van der Waals surface area contributed by atoms with Crippen molar-refractivity contribution in [3.8, 4) is 0 Å². The van der Waals surface area contributed by atoms with Crippen LogP contribution in [0.1, 0.15) is 24.1 Å². The van der Waals surface area contributed by atoms with Crippen LogP contribution in [0, 0.1) is 6.92 Å². The van der Waals surface area contributed by atoms with Crippen molar-refractivity contribution < 1.29 is 9.90 Å². The van der Waals surface area contributed by atoms with Gasteiger partial charge in [0.2, 0.25) is 0 Å². The van der Waals surface area contributed by atoms with Crippen LogP contribution in [0.2, 0.25) is 0 Å².